The number of alkyl halides is 3. The molecule has 3 aromatic heterocycles. The number of oxazole rings is 1. The van der Waals surface area contributed by atoms with E-state index >= 15 is 0 Å². The molecule has 0 radical (unpaired) electrons. The highest BCUT2D eigenvalue weighted by Gasteiger charge is 2.39. The average Bonchev–Trinajstić information content (AvgIpc) is 3.36. The number of rotatable bonds is 4. The van der Waals surface area contributed by atoms with Gasteiger partial charge in [-0.15, -0.1) is 0 Å². The topological polar surface area (TPSA) is 85.4 Å². The first-order chi connectivity index (χ1) is 16.1. The van der Waals surface area contributed by atoms with Gasteiger partial charge < -0.3 is 14.1 Å². The first-order valence-corrected chi connectivity index (χ1v) is 10.5. The van der Waals surface area contributed by atoms with Crippen LogP contribution in [-0.2, 0) is 6.18 Å². The van der Waals surface area contributed by atoms with E-state index in [-0.39, 0.29) is 34.3 Å². The van der Waals surface area contributed by atoms with Crippen LogP contribution in [0.5, 0.6) is 5.75 Å². The Kier molecular flexibility index (Phi) is 4.96. The molecule has 3 heterocycles. The Labute approximate surface area is 190 Å². The smallest absolute Gasteiger partial charge is 0.435 e. The van der Waals surface area contributed by atoms with Crippen LogP contribution >= 0.6 is 0 Å². The summed E-state index contributed by atoms with van der Waals surface area (Å²) in [5, 5.41) is 3.65. The molecule has 0 spiro atoms. The number of H-pyrrole nitrogens is 1. The van der Waals surface area contributed by atoms with Crippen molar-refractivity contribution in [1.82, 2.24) is 19.6 Å². The Morgan fingerprint density at radius 1 is 1.06 bits per heavy atom. The van der Waals surface area contributed by atoms with E-state index in [0.29, 0.717) is 27.1 Å². The summed E-state index contributed by atoms with van der Waals surface area (Å²) in [6.45, 7) is 5.30. The molecule has 174 valence electrons. The van der Waals surface area contributed by atoms with Crippen molar-refractivity contribution in [2.45, 2.75) is 33.1 Å². The number of benzene rings is 2. The van der Waals surface area contributed by atoms with Crippen molar-refractivity contribution in [1.29, 1.82) is 0 Å². The van der Waals surface area contributed by atoms with E-state index in [4.69, 9.17) is 9.15 Å². The van der Waals surface area contributed by atoms with Crippen LogP contribution in [-0.4, -0.2) is 25.7 Å². The van der Waals surface area contributed by atoms with E-state index in [0.717, 1.165) is 0 Å². The van der Waals surface area contributed by atoms with Crippen molar-refractivity contribution in [2.24, 2.45) is 0 Å². The third kappa shape index (κ3) is 3.51. The predicted molar refractivity (Wildman–Crippen MR) is 120 cm³/mol. The van der Waals surface area contributed by atoms with Crippen molar-refractivity contribution in [3.05, 3.63) is 70.3 Å². The van der Waals surface area contributed by atoms with Gasteiger partial charge in [-0.25, -0.2) is 4.98 Å². The molecule has 2 aromatic carbocycles. The van der Waals surface area contributed by atoms with E-state index < -0.39 is 17.4 Å². The largest absolute Gasteiger partial charge is 0.489 e. The monoisotopic (exact) mass is 468 g/mol. The summed E-state index contributed by atoms with van der Waals surface area (Å²) >= 11 is 0. The lowest BCUT2D eigenvalue weighted by Gasteiger charge is -2.08. The Bertz CT molecular complexity index is 1580. The molecule has 0 aliphatic rings. The van der Waals surface area contributed by atoms with Gasteiger partial charge in [0.05, 0.1) is 11.7 Å². The van der Waals surface area contributed by atoms with Gasteiger partial charge in [-0.05, 0) is 38.5 Å². The molecular formula is C24H19F3N4O3. The fourth-order valence-corrected chi connectivity index (χ4v) is 3.89. The van der Waals surface area contributed by atoms with Gasteiger partial charge in [-0.3, -0.25) is 4.79 Å². The Balaban J connectivity index is 1.78. The highest BCUT2D eigenvalue weighted by Crippen LogP contribution is 2.38. The maximum absolute atomic E-state index is 13.9. The van der Waals surface area contributed by atoms with Gasteiger partial charge in [0, 0.05) is 5.69 Å². The third-order valence-electron chi connectivity index (χ3n) is 5.26. The van der Waals surface area contributed by atoms with Crippen LogP contribution in [0.4, 0.5) is 13.2 Å². The number of para-hydroxylation sites is 1. The number of hydrogen-bond acceptors (Lipinski definition) is 5. The van der Waals surface area contributed by atoms with Crippen molar-refractivity contribution in [3.63, 3.8) is 0 Å². The molecule has 0 unspecified atom stereocenters. The number of nitrogens with one attached hydrogen (secondary N) is 1. The molecule has 0 atom stereocenters. The Morgan fingerprint density at radius 2 is 1.79 bits per heavy atom. The molecule has 0 aliphatic heterocycles. The maximum atomic E-state index is 13.9. The number of aromatic amines is 1. The zero-order valence-corrected chi connectivity index (χ0v) is 18.4. The van der Waals surface area contributed by atoms with Crippen molar-refractivity contribution < 1.29 is 22.3 Å². The normalized spacial score (nSPS) is 12.2. The lowest BCUT2D eigenvalue weighted by molar-refractivity contribution is -0.140. The molecular weight excluding hydrogens is 449 g/mol. The first kappa shape index (κ1) is 21.7. The molecule has 1 N–H and O–H groups in total. The zero-order chi connectivity index (χ0) is 24.2. The molecule has 34 heavy (non-hydrogen) atoms. The SMILES string of the molecule is Cc1[nH]c2c(-c3ccccc3)c(C(F)(F)F)nn2c(=O)c1-c1nc2c(OC(C)C)cccc2o1. The van der Waals surface area contributed by atoms with Gasteiger partial charge in [0.1, 0.15) is 17.0 Å². The lowest BCUT2D eigenvalue weighted by atomic mass is 10.1. The van der Waals surface area contributed by atoms with E-state index in [2.05, 4.69) is 15.1 Å². The summed E-state index contributed by atoms with van der Waals surface area (Å²) in [7, 11) is 0. The summed E-state index contributed by atoms with van der Waals surface area (Å²) in [5.74, 6) is 0.434. The number of hydrogen-bond donors (Lipinski definition) is 1. The summed E-state index contributed by atoms with van der Waals surface area (Å²) in [4.78, 5) is 20.7. The number of fused-ring (bicyclic) bond motifs is 2. The molecule has 0 saturated heterocycles. The van der Waals surface area contributed by atoms with Gasteiger partial charge in [0.15, 0.2) is 16.8 Å². The molecule has 10 heteroatoms. The van der Waals surface area contributed by atoms with Gasteiger partial charge in [0.2, 0.25) is 5.89 Å². The van der Waals surface area contributed by atoms with Crippen molar-refractivity contribution in [3.8, 4) is 28.3 Å². The van der Waals surface area contributed by atoms with Crippen LogP contribution in [0.1, 0.15) is 25.2 Å². The van der Waals surface area contributed by atoms with Crippen LogP contribution in [0.3, 0.4) is 0 Å². The molecule has 0 saturated carbocycles. The summed E-state index contributed by atoms with van der Waals surface area (Å²) < 4.78 is 53.9. The second kappa shape index (κ2) is 7.75. The number of halogens is 3. The number of aryl methyl sites for hydroxylation is 1. The van der Waals surface area contributed by atoms with Crippen LogP contribution < -0.4 is 10.3 Å². The summed E-state index contributed by atoms with van der Waals surface area (Å²) in [6.07, 6.45) is -4.89. The van der Waals surface area contributed by atoms with Crippen LogP contribution in [0.15, 0.2) is 57.7 Å². The summed E-state index contributed by atoms with van der Waals surface area (Å²) in [5.41, 5.74) is -0.860. The molecule has 5 rings (SSSR count). The number of ether oxygens (including phenoxy) is 1. The van der Waals surface area contributed by atoms with E-state index in [1.54, 1.807) is 43.3 Å². The van der Waals surface area contributed by atoms with Crippen LogP contribution in [0.2, 0.25) is 0 Å². The van der Waals surface area contributed by atoms with E-state index in [1.165, 1.54) is 12.1 Å². The standard InChI is InChI=1S/C24H19F3N4O3/c1-12(2)33-15-10-7-11-16-19(15)29-22(34-16)17-13(3)28-21-18(14-8-5-4-6-9-14)20(24(25,26)27)30-31(21)23(17)32/h4-12,28H,1-3H3. The minimum Gasteiger partial charge on any atom is -0.489 e. The highest BCUT2D eigenvalue weighted by molar-refractivity contribution is 5.84. The predicted octanol–water partition coefficient (Wildman–Crippen LogP) is 5.61. The lowest BCUT2D eigenvalue weighted by Crippen LogP contribution is -2.20. The Hall–Kier alpha value is -4.08. The van der Waals surface area contributed by atoms with Crippen molar-refractivity contribution in [2.75, 3.05) is 0 Å². The number of aromatic nitrogens is 4. The van der Waals surface area contributed by atoms with Gasteiger partial charge >= 0.3 is 6.18 Å². The molecule has 7 nitrogen and oxygen atoms in total. The highest BCUT2D eigenvalue weighted by atomic mass is 19.4. The fourth-order valence-electron chi connectivity index (χ4n) is 3.89. The number of nitrogens with zero attached hydrogens (tertiary/aromatic N) is 3. The first-order valence-electron chi connectivity index (χ1n) is 10.5. The Morgan fingerprint density at radius 3 is 2.47 bits per heavy atom. The molecule has 5 aromatic rings. The van der Waals surface area contributed by atoms with E-state index in [9.17, 15) is 18.0 Å². The molecule has 0 fully saturated rings. The van der Waals surface area contributed by atoms with Crippen LogP contribution in [0, 0.1) is 6.92 Å². The summed E-state index contributed by atoms with van der Waals surface area (Å²) in [6, 6.07) is 13.1. The third-order valence-corrected chi connectivity index (χ3v) is 5.26. The second-order valence-corrected chi connectivity index (χ2v) is 8.07. The molecule has 0 bridgehead atoms. The van der Waals surface area contributed by atoms with E-state index in [1.807, 2.05) is 13.8 Å². The molecule has 0 amide bonds. The van der Waals surface area contributed by atoms with Gasteiger partial charge in [0.25, 0.3) is 5.56 Å². The maximum Gasteiger partial charge on any atom is 0.435 e. The second-order valence-electron chi connectivity index (χ2n) is 8.07. The molecule has 0 aliphatic carbocycles. The zero-order valence-electron chi connectivity index (χ0n) is 18.4. The fraction of sp³-hybridized carbons (Fsp3) is 0.208. The van der Waals surface area contributed by atoms with Crippen LogP contribution in [0.25, 0.3) is 39.3 Å². The minimum absolute atomic E-state index is 0.0185. The van der Waals surface area contributed by atoms with Gasteiger partial charge in [-0.2, -0.15) is 22.8 Å². The minimum atomic E-state index is -4.77. The van der Waals surface area contributed by atoms with Gasteiger partial charge in [-0.1, -0.05) is 36.4 Å². The van der Waals surface area contributed by atoms with Crippen molar-refractivity contribution >= 4 is 16.7 Å². The average molecular weight is 468 g/mol. The quantitative estimate of drug-likeness (QED) is 0.371.